The second-order valence-electron chi connectivity index (χ2n) is 5.96. The van der Waals surface area contributed by atoms with E-state index in [1.54, 1.807) is 13.8 Å². The highest BCUT2D eigenvalue weighted by molar-refractivity contribution is 7.17. The molecule has 2 rings (SSSR count). The zero-order valence-electron chi connectivity index (χ0n) is 13.0. The van der Waals surface area contributed by atoms with Crippen LogP contribution in [0.15, 0.2) is 0 Å². The van der Waals surface area contributed by atoms with Gasteiger partial charge in [0.25, 0.3) is 0 Å². The van der Waals surface area contributed by atoms with E-state index in [2.05, 4.69) is 0 Å². The van der Waals surface area contributed by atoms with Crippen LogP contribution in [-0.4, -0.2) is 24.2 Å². The highest BCUT2D eigenvalue weighted by Gasteiger charge is 2.40. The van der Waals surface area contributed by atoms with Gasteiger partial charge in [0.05, 0.1) is 11.7 Å². The molecule has 1 amide bonds. The number of ether oxygens (including phenoxy) is 1. The van der Waals surface area contributed by atoms with Crippen molar-refractivity contribution in [2.45, 2.75) is 52.3 Å². The van der Waals surface area contributed by atoms with E-state index in [0.29, 0.717) is 24.3 Å². The van der Waals surface area contributed by atoms with Gasteiger partial charge in [-0.25, -0.2) is 4.79 Å². The molecule has 1 aromatic rings. The molecule has 1 N–H and O–H groups in total. The van der Waals surface area contributed by atoms with Gasteiger partial charge in [-0.2, -0.15) is 13.2 Å². The molecule has 1 aliphatic rings. The Balaban J connectivity index is 2.40. The molecule has 0 bridgehead atoms. The fourth-order valence-corrected chi connectivity index (χ4v) is 3.90. The van der Waals surface area contributed by atoms with E-state index in [9.17, 15) is 22.8 Å². The summed E-state index contributed by atoms with van der Waals surface area (Å²) in [6.45, 7) is 5.36. The first-order valence-electron chi connectivity index (χ1n) is 7.33. The van der Waals surface area contributed by atoms with E-state index in [1.807, 2.05) is 12.2 Å². The van der Waals surface area contributed by atoms with Crippen LogP contribution in [0.2, 0.25) is 0 Å². The van der Waals surface area contributed by atoms with Crippen molar-refractivity contribution in [2.75, 3.05) is 5.32 Å². The molecule has 0 saturated carbocycles. The number of hydrogen-bond donors (Lipinski definition) is 1. The van der Waals surface area contributed by atoms with Gasteiger partial charge in [0.15, 0.2) is 0 Å². The summed E-state index contributed by atoms with van der Waals surface area (Å²) in [5.41, 5.74) is 0.777. The lowest BCUT2D eigenvalue weighted by molar-refractivity contribution is -0.167. The summed E-state index contributed by atoms with van der Waals surface area (Å²) in [6.07, 6.45) is -3.27. The molecular formula is C15H18F3NO3S. The lowest BCUT2D eigenvalue weighted by Crippen LogP contribution is -2.30. The van der Waals surface area contributed by atoms with Gasteiger partial charge < -0.3 is 10.1 Å². The summed E-state index contributed by atoms with van der Waals surface area (Å²) in [5, 5.41) is 1.76. The topological polar surface area (TPSA) is 55.4 Å². The number of carbonyl (C=O) groups excluding carboxylic acids is 2. The van der Waals surface area contributed by atoms with Crippen LogP contribution in [-0.2, 0) is 22.4 Å². The first-order valence-corrected chi connectivity index (χ1v) is 8.15. The summed E-state index contributed by atoms with van der Waals surface area (Å²) >= 11 is 1.03. The minimum Gasteiger partial charge on any atom is -0.459 e. The second kappa shape index (κ2) is 6.51. The zero-order valence-corrected chi connectivity index (χ0v) is 13.9. The number of nitrogens with one attached hydrogen (secondary N) is 1. The predicted molar refractivity (Wildman–Crippen MR) is 80.7 cm³/mol. The van der Waals surface area contributed by atoms with E-state index in [4.69, 9.17) is 4.74 Å². The Morgan fingerprint density at radius 1 is 1.35 bits per heavy atom. The number of fused-ring (bicyclic) bond motifs is 1. The molecule has 1 heterocycles. The number of alkyl halides is 3. The largest absolute Gasteiger partial charge is 0.471 e. The smallest absolute Gasteiger partial charge is 0.459 e. The highest BCUT2D eigenvalue weighted by Crippen LogP contribution is 2.40. The quantitative estimate of drug-likeness (QED) is 0.841. The molecular weight excluding hydrogens is 331 g/mol. The third-order valence-electron chi connectivity index (χ3n) is 3.54. The van der Waals surface area contributed by atoms with Gasteiger partial charge in [-0.3, -0.25) is 4.79 Å². The van der Waals surface area contributed by atoms with E-state index in [-0.39, 0.29) is 10.6 Å². The van der Waals surface area contributed by atoms with Crippen LogP contribution in [0.3, 0.4) is 0 Å². The predicted octanol–water partition coefficient (Wildman–Crippen LogP) is 3.94. The Labute approximate surface area is 136 Å². The highest BCUT2D eigenvalue weighted by atomic mass is 32.1. The summed E-state index contributed by atoms with van der Waals surface area (Å²) in [5.74, 6) is -2.38. The molecule has 8 heteroatoms. The van der Waals surface area contributed by atoms with Crippen LogP contribution in [0.4, 0.5) is 18.2 Å². The molecule has 0 spiro atoms. The summed E-state index contributed by atoms with van der Waals surface area (Å²) in [6, 6.07) is 0. The van der Waals surface area contributed by atoms with E-state index in [0.717, 1.165) is 22.6 Å². The van der Waals surface area contributed by atoms with Crippen molar-refractivity contribution >= 4 is 28.2 Å². The Kier molecular flexibility index (Phi) is 5.03. The molecule has 0 saturated heterocycles. The minimum atomic E-state index is -5.00. The van der Waals surface area contributed by atoms with Gasteiger partial charge in [0, 0.05) is 4.88 Å². The number of anilines is 1. The number of hydrogen-bond acceptors (Lipinski definition) is 4. The standard InChI is InChI=1S/C15H18F3NO3S/c1-7(2)22-13(20)11-9-5-4-8(3)6-10(9)23-12(11)19-14(21)15(16,17)18/h7-8H,4-6H2,1-3H3,(H,19,21). The zero-order chi connectivity index (χ0) is 17.4. The average Bonchev–Trinajstić information content (AvgIpc) is 2.73. The van der Waals surface area contributed by atoms with Crippen molar-refractivity contribution in [3.05, 3.63) is 16.0 Å². The van der Waals surface area contributed by atoms with Gasteiger partial charge in [0.2, 0.25) is 0 Å². The lowest BCUT2D eigenvalue weighted by atomic mass is 9.88. The summed E-state index contributed by atoms with van der Waals surface area (Å²) in [4.78, 5) is 24.3. The van der Waals surface area contributed by atoms with E-state index >= 15 is 0 Å². The average molecular weight is 349 g/mol. The van der Waals surface area contributed by atoms with E-state index < -0.39 is 24.2 Å². The normalized spacial score (nSPS) is 17.8. The molecule has 4 nitrogen and oxygen atoms in total. The van der Waals surface area contributed by atoms with Gasteiger partial charge >= 0.3 is 18.1 Å². The van der Waals surface area contributed by atoms with Crippen LogP contribution in [0, 0.1) is 5.92 Å². The van der Waals surface area contributed by atoms with Crippen molar-refractivity contribution in [1.82, 2.24) is 0 Å². The van der Waals surface area contributed by atoms with Crippen molar-refractivity contribution in [2.24, 2.45) is 5.92 Å². The monoisotopic (exact) mass is 349 g/mol. The fourth-order valence-electron chi connectivity index (χ4n) is 2.50. The maximum Gasteiger partial charge on any atom is 0.471 e. The number of amides is 1. The molecule has 1 aliphatic carbocycles. The number of thiophene rings is 1. The number of esters is 1. The van der Waals surface area contributed by atoms with Crippen molar-refractivity contribution < 1.29 is 27.5 Å². The van der Waals surface area contributed by atoms with E-state index in [1.165, 1.54) is 0 Å². The molecule has 0 aromatic carbocycles. The third-order valence-corrected chi connectivity index (χ3v) is 4.71. The van der Waals surface area contributed by atoms with Crippen molar-refractivity contribution in [1.29, 1.82) is 0 Å². The maximum absolute atomic E-state index is 12.5. The number of rotatable bonds is 3. The van der Waals surface area contributed by atoms with Crippen molar-refractivity contribution in [3.8, 4) is 0 Å². The molecule has 0 aliphatic heterocycles. The molecule has 1 unspecified atom stereocenters. The Hall–Kier alpha value is -1.57. The fraction of sp³-hybridized carbons (Fsp3) is 0.600. The maximum atomic E-state index is 12.5. The third kappa shape index (κ3) is 4.04. The van der Waals surface area contributed by atoms with Crippen molar-refractivity contribution in [3.63, 3.8) is 0 Å². The van der Waals surface area contributed by atoms with Crippen LogP contribution < -0.4 is 5.32 Å². The second-order valence-corrected chi connectivity index (χ2v) is 7.07. The lowest BCUT2D eigenvalue weighted by Gasteiger charge is -2.19. The van der Waals surface area contributed by atoms with Gasteiger partial charge in [-0.05, 0) is 44.6 Å². The first kappa shape index (κ1) is 17.8. The Morgan fingerprint density at radius 3 is 2.57 bits per heavy atom. The number of halogens is 3. The molecule has 0 radical (unpaired) electrons. The Morgan fingerprint density at radius 2 is 2.00 bits per heavy atom. The molecule has 1 atom stereocenters. The van der Waals surface area contributed by atoms with Crippen LogP contribution in [0.5, 0.6) is 0 Å². The Bertz CT molecular complexity index is 622. The number of carbonyl (C=O) groups is 2. The van der Waals surface area contributed by atoms with Gasteiger partial charge in [-0.1, -0.05) is 6.92 Å². The molecule has 128 valence electrons. The van der Waals surface area contributed by atoms with Gasteiger partial charge in [0.1, 0.15) is 5.00 Å². The molecule has 23 heavy (non-hydrogen) atoms. The first-order chi connectivity index (χ1) is 10.6. The van der Waals surface area contributed by atoms with Crippen LogP contribution in [0.25, 0.3) is 0 Å². The minimum absolute atomic E-state index is 0.0722. The summed E-state index contributed by atoms with van der Waals surface area (Å²) in [7, 11) is 0. The SMILES string of the molecule is CC1CCc2c(sc(NC(=O)C(F)(F)F)c2C(=O)OC(C)C)C1. The van der Waals surface area contributed by atoms with Crippen LogP contribution in [0.1, 0.15) is 48.0 Å². The summed E-state index contributed by atoms with van der Waals surface area (Å²) < 4.78 is 42.6. The molecule has 1 aromatic heterocycles. The van der Waals surface area contributed by atoms with Crippen LogP contribution >= 0.6 is 11.3 Å². The molecule has 0 fully saturated rings. The van der Waals surface area contributed by atoms with Gasteiger partial charge in [-0.15, -0.1) is 11.3 Å².